The summed E-state index contributed by atoms with van der Waals surface area (Å²) >= 11 is 0. The van der Waals surface area contributed by atoms with Crippen LogP contribution < -0.4 is 26.2 Å². The standard InChI is InChI=1S/C23H23N7O4S/c1-2-34-21-20-19(12-11-18(28-20)15-5-7-16(8-6-15)27-22(24)31)29-23(30-21)26-13-14-3-9-17(10-4-14)35(25,32)33/h3-12H,2,13H2,1H3,(H3,24,27,31)(H2,25,32,33)(H,26,29,30). The molecule has 0 atom stereocenters. The first-order chi connectivity index (χ1) is 16.7. The van der Waals surface area contributed by atoms with E-state index in [9.17, 15) is 13.2 Å². The Kier molecular flexibility index (Phi) is 6.75. The summed E-state index contributed by atoms with van der Waals surface area (Å²) in [5, 5.41) is 10.8. The van der Waals surface area contributed by atoms with Crippen LogP contribution in [0.2, 0.25) is 0 Å². The molecule has 2 amide bonds. The number of ether oxygens (including phenoxy) is 1. The molecule has 4 aromatic rings. The van der Waals surface area contributed by atoms with E-state index in [0.717, 1.165) is 11.1 Å². The largest absolute Gasteiger partial charge is 0.476 e. The molecule has 0 aliphatic heterocycles. The van der Waals surface area contributed by atoms with E-state index in [1.54, 1.807) is 24.3 Å². The number of sulfonamides is 1. The lowest BCUT2D eigenvalue weighted by molar-refractivity contribution is 0.259. The van der Waals surface area contributed by atoms with E-state index in [-0.39, 0.29) is 4.90 Å². The number of carbonyl (C=O) groups is 1. The second-order valence-electron chi connectivity index (χ2n) is 7.46. The van der Waals surface area contributed by atoms with Gasteiger partial charge in [0.2, 0.25) is 21.9 Å². The lowest BCUT2D eigenvalue weighted by Crippen LogP contribution is -2.19. The monoisotopic (exact) mass is 493 g/mol. The van der Waals surface area contributed by atoms with Crippen LogP contribution in [0.25, 0.3) is 22.3 Å². The van der Waals surface area contributed by atoms with Crippen molar-refractivity contribution in [3.63, 3.8) is 0 Å². The third kappa shape index (κ3) is 5.80. The number of benzene rings is 2. The number of anilines is 2. The molecular weight excluding hydrogens is 470 g/mol. The SMILES string of the molecule is CCOc1nc(NCc2ccc(S(N)(=O)=O)cc2)nc2ccc(-c3ccc(NC(N)=O)cc3)nc12. The number of nitrogens with one attached hydrogen (secondary N) is 2. The van der Waals surface area contributed by atoms with Crippen LogP contribution in [-0.4, -0.2) is 36.0 Å². The molecule has 4 rings (SSSR count). The van der Waals surface area contributed by atoms with Gasteiger partial charge in [-0.15, -0.1) is 0 Å². The molecule has 0 saturated heterocycles. The lowest BCUT2D eigenvalue weighted by Gasteiger charge is -2.11. The number of aromatic nitrogens is 3. The van der Waals surface area contributed by atoms with Crippen molar-refractivity contribution < 1.29 is 17.9 Å². The number of carbonyl (C=O) groups excluding carboxylic acids is 1. The second-order valence-corrected chi connectivity index (χ2v) is 9.02. The Labute approximate surface area is 201 Å². The maximum absolute atomic E-state index is 11.4. The molecule has 0 bridgehead atoms. The first-order valence-electron chi connectivity index (χ1n) is 10.6. The van der Waals surface area contributed by atoms with Gasteiger partial charge in [-0.05, 0) is 48.9 Å². The van der Waals surface area contributed by atoms with Crippen molar-refractivity contribution in [3.05, 3.63) is 66.2 Å². The number of rotatable bonds is 8. The third-order valence-corrected chi connectivity index (χ3v) is 5.87. The number of pyridine rings is 1. The van der Waals surface area contributed by atoms with Crippen LogP contribution in [0.1, 0.15) is 12.5 Å². The van der Waals surface area contributed by atoms with Gasteiger partial charge in [0.05, 0.1) is 22.7 Å². The summed E-state index contributed by atoms with van der Waals surface area (Å²) in [7, 11) is -3.74. The Morgan fingerprint density at radius 1 is 0.971 bits per heavy atom. The van der Waals surface area contributed by atoms with Crippen LogP contribution in [-0.2, 0) is 16.6 Å². The fourth-order valence-corrected chi connectivity index (χ4v) is 3.82. The minimum Gasteiger partial charge on any atom is -0.476 e. The van der Waals surface area contributed by atoms with E-state index >= 15 is 0 Å². The predicted molar refractivity (Wildman–Crippen MR) is 132 cm³/mol. The Balaban J connectivity index is 1.58. The van der Waals surface area contributed by atoms with Crippen LogP contribution in [0.4, 0.5) is 16.4 Å². The first kappa shape index (κ1) is 23.9. The van der Waals surface area contributed by atoms with E-state index < -0.39 is 16.1 Å². The van der Waals surface area contributed by atoms with Gasteiger partial charge in [0, 0.05) is 17.8 Å². The second kappa shape index (κ2) is 9.91. The number of primary sulfonamides is 1. The van der Waals surface area contributed by atoms with Crippen molar-refractivity contribution in [1.82, 2.24) is 15.0 Å². The molecule has 2 heterocycles. The normalized spacial score (nSPS) is 11.3. The summed E-state index contributed by atoms with van der Waals surface area (Å²) in [6, 6.07) is 16.3. The molecule has 0 unspecified atom stereocenters. The Morgan fingerprint density at radius 2 is 1.69 bits per heavy atom. The molecule has 180 valence electrons. The van der Waals surface area contributed by atoms with Crippen molar-refractivity contribution in [2.24, 2.45) is 10.9 Å². The zero-order valence-corrected chi connectivity index (χ0v) is 19.5. The number of fused-ring (bicyclic) bond motifs is 1. The minimum atomic E-state index is -3.74. The van der Waals surface area contributed by atoms with Crippen molar-refractivity contribution >= 4 is 38.7 Å². The van der Waals surface area contributed by atoms with E-state index in [0.29, 0.717) is 47.4 Å². The lowest BCUT2D eigenvalue weighted by atomic mass is 10.1. The topological polar surface area (TPSA) is 175 Å². The van der Waals surface area contributed by atoms with Crippen molar-refractivity contribution in [2.45, 2.75) is 18.4 Å². The van der Waals surface area contributed by atoms with Crippen molar-refractivity contribution in [2.75, 3.05) is 17.2 Å². The zero-order valence-electron chi connectivity index (χ0n) is 18.7. The van der Waals surface area contributed by atoms with E-state index in [1.165, 1.54) is 12.1 Å². The third-order valence-electron chi connectivity index (χ3n) is 4.94. The van der Waals surface area contributed by atoms with E-state index in [2.05, 4.69) is 25.6 Å². The summed E-state index contributed by atoms with van der Waals surface area (Å²) in [5.74, 6) is 0.673. The van der Waals surface area contributed by atoms with Crippen molar-refractivity contribution in [3.8, 4) is 17.1 Å². The van der Waals surface area contributed by atoms with Gasteiger partial charge < -0.3 is 21.1 Å². The van der Waals surface area contributed by atoms with Gasteiger partial charge in [-0.3, -0.25) is 0 Å². The quantitative estimate of drug-likeness (QED) is 0.290. The van der Waals surface area contributed by atoms with Crippen LogP contribution in [0, 0.1) is 0 Å². The molecule has 12 heteroatoms. The molecule has 0 aliphatic rings. The van der Waals surface area contributed by atoms with E-state index in [1.807, 2.05) is 31.2 Å². The maximum atomic E-state index is 11.4. The number of amides is 2. The average molecular weight is 494 g/mol. The molecule has 0 spiro atoms. The molecule has 2 aromatic heterocycles. The number of urea groups is 1. The number of hydrogen-bond donors (Lipinski definition) is 4. The summed E-state index contributed by atoms with van der Waals surface area (Å²) in [5.41, 5.74) is 9.15. The number of primary amides is 1. The molecule has 6 N–H and O–H groups in total. The highest BCUT2D eigenvalue weighted by molar-refractivity contribution is 7.89. The van der Waals surface area contributed by atoms with Gasteiger partial charge in [0.25, 0.3) is 0 Å². The van der Waals surface area contributed by atoms with Crippen LogP contribution in [0.3, 0.4) is 0 Å². The van der Waals surface area contributed by atoms with Gasteiger partial charge in [0.1, 0.15) is 0 Å². The fourth-order valence-electron chi connectivity index (χ4n) is 3.31. The molecule has 0 aliphatic carbocycles. The van der Waals surface area contributed by atoms with Gasteiger partial charge in [0.15, 0.2) is 5.52 Å². The van der Waals surface area contributed by atoms with Crippen molar-refractivity contribution in [1.29, 1.82) is 0 Å². The van der Waals surface area contributed by atoms with Crippen LogP contribution in [0.5, 0.6) is 5.88 Å². The molecule has 0 saturated carbocycles. The molecule has 35 heavy (non-hydrogen) atoms. The molecule has 2 aromatic carbocycles. The Morgan fingerprint density at radius 3 is 2.31 bits per heavy atom. The minimum absolute atomic E-state index is 0.0440. The van der Waals surface area contributed by atoms with Crippen LogP contribution >= 0.6 is 0 Å². The van der Waals surface area contributed by atoms with Gasteiger partial charge in [-0.2, -0.15) is 4.98 Å². The first-order valence-corrected chi connectivity index (χ1v) is 12.1. The Bertz CT molecular complexity index is 1470. The average Bonchev–Trinajstić information content (AvgIpc) is 2.82. The highest BCUT2D eigenvalue weighted by atomic mass is 32.2. The number of nitrogens with two attached hydrogens (primary N) is 2. The summed E-state index contributed by atoms with van der Waals surface area (Å²) in [4.78, 5) is 24.7. The molecule has 0 fully saturated rings. The number of nitrogens with zero attached hydrogens (tertiary/aromatic N) is 3. The predicted octanol–water partition coefficient (Wildman–Crippen LogP) is 2.84. The highest BCUT2D eigenvalue weighted by Crippen LogP contribution is 2.27. The fraction of sp³-hybridized carbons (Fsp3) is 0.130. The zero-order chi connectivity index (χ0) is 25.0. The molecular formula is C23H23N7O4S. The summed E-state index contributed by atoms with van der Waals surface area (Å²) in [6.45, 7) is 2.60. The van der Waals surface area contributed by atoms with Gasteiger partial charge in [-0.25, -0.2) is 28.3 Å². The maximum Gasteiger partial charge on any atom is 0.316 e. The van der Waals surface area contributed by atoms with Gasteiger partial charge >= 0.3 is 6.03 Å². The van der Waals surface area contributed by atoms with Crippen LogP contribution in [0.15, 0.2) is 65.6 Å². The van der Waals surface area contributed by atoms with E-state index in [4.69, 9.17) is 15.6 Å². The number of hydrogen-bond acceptors (Lipinski definition) is 8. The summed E-state index contributed by atoms with van der Waals surface area (Å²) < 4.78 is 28.6. The van der Waals surface area contributed by atoms with Gasteiger partial charge in [-0.1, -0.05) is 24.3 Å². The molecule has 11 nitrogen and oxygen atoms in total. The smallest absolute Gasteiger partial charge is 0.316 e. The highest BCUT2D eigenvalue weighted by Gasteiger charge is 2.13. The summed E-state index contributed by atoms with van der Waals surface area (Å²) in [6.07, 6.45) is 0. The Hall–Kier alpha value is -4.29. The molecule has 0 radical (unpaired) electrons.